The average molecular weight is 233 g/mol. The lowest BCUT2D eigenvalue weighted by atomic mass is 10.1. The zero-order valence-corrected chi connectivity index (χ0v) is 10.4. The smallest absolute Gasteiger partial charge is 0.317 e. The molecular formula is C13H19N3O. The van der Waals surface area contributed by atoms with E-state index in [9.17, 15) is 4.79 Å². The highest BCUT2D eigenvalue weighted by Gasteiger charge is 2.38. The number of amides is 2. The number of hydrazine groups is 1. The van der Waals surface area contributed by atoms with Gasteiger partial charge in [-0.25, -0.2) is 15.2 Å². The number of nitrogens with one attached hydrogen (secondary N) is 2. The molecule has 4 heteroatoms. The molecule has 1 aromatic rings. The van der Waals surface area contributed by atoms with Crippen LogP contribution >= 0.6 is 0 Å². The van der Waals surface area contributed by atoms with Crippen molar-refractivity contribution in [2.24, 2.45) is 0 Å². The second kappa shape index (κ2) is 4.75. The molecule has 1 aliphatic rings. The summed E-state index contributed by atoms with van der Waals surface area (Å²) in [5.41, 5.74) is 3.78. The van der Waals surface area contributed by atoms with E-state index < -0.39 is 0 Å². The van der Waals surface area contributed by atoms with Crippen molar-refractivity contribution in [1.29, 1.82) is 0 Å². The van der Waals surface area contributed by atoms with Crippen LogP contribution in [0.25, 0.3) is 0 Å². The predicted molar refractivity (Wildman–Crippen MR) is 68.5 cm³/mol. The first kappa shape index (κ1) is 11.9. The van der Waals surface area contributed by atoms with E-state index in [-0.39, 0.29) is 11.7 Å². The molecule has 0 radical (unpaired) electrons. The van der Waals surface area contributed by atoms with Crippen molar-refractivity contribution >= 4 is 11.7 Å². The van der Waals surface area contributed by atoms with Crippen LogP contribution in [0.1, 0.15) is 33.1 Å². The summed E-state index contributed by atoms with van der Waals surface area (Å²) in [5.74, 6) is 0. The number of urea groups is 1. The van der Waals surface area contributed by atoms with Gasteiger partial charge in [-0.05, 0) is 31.9 Å². The molecular weight excluding hydrogens is 214 g/mol. The first-order valence-corrected chi connectivity index (χ1v) is 6.10. The van der Waals surface area contributed by atoms with Gasteiger partial charge in [0.2, 0.25) is 0 Å². The number of unbranched alkanes of at least 4 members (excludes halogenated alkanes) is 1. The molecule has 0 spiro atoms. The Kier molecular flexibility index (Phi) is 3.33. The van der Waals surface area contributed by atoms with Crippen LogP contribution < -0.4 is 15.8 Å². The maximum atomic E-state index is 11.9. The number of anilines is 1. The fourth-order valence-electron chi connectivity index (χ4n) is 2.03. The SMILES string of the molecule is CCCC[C@]1(C)NC(=O)N(c2ccccc2)N1. The minimum Gasteiger partial charge on any atom is -0.317 e. The van der Waals surface area contributed by atoms with Gasteiger partial charge in [-0.1, -0.05) is 31.5 Å². The molecule has 17 heavy (non-hydrogen) atoms. The van der Waals surface area contributed by atoms with Crippen LogP contribution in [-0.2, 0) is 0 Å². The lowest BCUT2D eigenvalue weighted by Gasteiger charge is -2.24. The molecule has 0 unspecified atom stereocenters. The molecule has 1 fully saturated rings. The van der Waals surface area contributed by atoms with Crippen molar-refractivity contribution in [3.63, 3.8) is 0 Å². The van der Waals surface area contributed by atoms with Crippen molar-refractivity contribution in [3.8, 4) is 0 Å². The van der Waals surface area contributed by atoms with E-state index in [2.05, 4.69) is 17.7 Å². The summed E-state index contributed by atoms with van der Waals surface area (Å²) in [7, 11) is 0. The molecule has 1 saturated heterocycles. The Balaban J connectivity index is 2.10. The molecule has 1 atom stereocenters. The third kappa shape index (κ3) is 2.58. The minimum atomic E-state index is -0.330. The maximum Gasteiger partial charge on any atom is 0.338 e. The highest BCUT2D eigenvalue weighted by atomic mass is 16.2. The van der Waals surface area contributed by atoms with Gasteiger partial charge in [0.1, 0.15) is 5.66 Å². The standard InChI is InChI=1S/C13H19N3O/c1-3-4-10-13(2)14-12(17)16(15-13)11-8-6-5-7-9-11/h5-9,15H,3-4,10H2,1-2H3,(H,14,17)/t13-/m1/s1. The van der Waals surface area contributed by atoms with E-state index in [0.717, 1.165) is 24.9 Å². The highest BCUT2D eigenvalue weighted by Crippen LogP contribution is 2.21. The van der Waals surface area contributed by atoms with Gasteiger partial charge in [-0.2, -0.15) is 0 Å². The Labute approximate surface area is 102 Å². The number of hydrogen-bond acceptors (Lipinski definition) is 2. The molecule has 1 heterocycles. The Bertz CT molecular complexity index is 393. The number of para-hydroxylation sites is 1. The van der Waals surface area contributed by atoms with Crippen molar-refractivity contribution in [3.05, 3.63) is 30.3 Å². The molecule has 2 rings (SSSR count). The summed E-state index contributed by atoms with van der Waals surface area (Å²) in [5, 5.41) is 4.57. The lowest BCUT2D eigenvalue weighted by molar-refractivity contribution is 0.246. The molecule has 1 aliphatic heterocycles. The Morgan fingerprint density at radius 2 is 2.00 bits per heavy atom. The summed E-state index contributed by atoms with van der Waals surface area (Å²) in [6.45, 7) is 4.17. The fourth-order valence-corrected chi connectivity index (χ4v) is 2.03. The second-order valence-electron chi connectivity index (χ2n) is 4.65. The van der Waals surface area contributed by atoms with E-state index in [0.29, 0.717) is 0 Å². The van der Waals surface area contributed by atoms with E-state index in [1.807, 2.05) is 37.3 Å². The summed E-state index contributed by atoms with van der Waals surface area (Å²) in [6, 6.07) is 9.52. The first-order valence-electron chi connectivity index (χ1n) is 6.10. The average Bonchev–Trinajstić information content (AvgIpc) is 2.64. The Morgan fingerprint density at radius 3 is 2.65 bits per heavy atom. The molecule has 0 saturated carbocycles. The number of carbonyl (C=O) groups excluding carboxylic acids is 1. The number of rotatable bonds is 4. The van der Waals surface area contributed by atoms with Crippen LogP contribution in [0, 0.1) is 0 Å². The van der Waals surface area contributed by atoms with E-state index in [1.54, 1.807) is 5.01 Å². The van der Waals surface area contributed by atoms with E-state index in [1.165, 1.54) is 0 Å². The molecule has 92 valence electrons. The lowest BCUT2D eigenvalue weighted by Crippen LogP contribution is -2.48. The topological polar surface area (TPSA) is 44.4 Å². The summed E-state index contributed by atoms with van der Waals surface area (Å²) in [6.07, 6.45) is 3.14. The van der Waals surface area contributed by atoms with Crippen LogP contribution in [0.5, 0.6) is 0 Å². The fraction of sp³-hybridized carbons (Fsp3) is 0.462. The van der Waals surface area contributed by atoms with Crippen molar-refractivity contribution in [1.82, 2.24) is 10.7 Å². The van der Waals surface area contributed by atoms with Crippen LogP contribution in [0.15, 0.2) is 30.3 Å². The van der Waals surface area contributed by atoms with Gasteiger partial charge < -0.3 is 5.32 Å². The van der Waals surface area contributed by atoms with Gasteiger partial charge in [0.05, 0.1) is 5.69 Å². The summed E-state index contributed by atoms with van der Waals surface area (Å²) >= 11 is 0. The number of nitrogens with zero attached hydrogens (tertiary/aromatic N) is 1. The predicted octanol–water partition coefficient (Wildman–Crippen LogP) is 2.63. The van der Waals surface area contributed by atoms with Crippen molar-refractivity contribution < 1.29 is 4.79 Å². The van der Waals surface area contributed by atoms with Crippen LogP contribution in [0.4, 0.5) is 10.5 Å². The first-order chi connectivity index (χ1) is 8.14. The highest BCUT2D eigenvalue weighted by molar-refractivity contribution is 5.93. The minimum absolute atomic E-state index is 0.0881. The van der Waals surface area contributed by atoms with Gasteiger partial charge in [0.15, 0.2) is 0 Å². The summed E-state index contributed by atoms with van der Waals surface area (Å²) in [4.78, 5) is 11.9. The largest absolute Gasteiger partial charge is 0.338 e. The number of hydrogen-bond donors (Lipinski definition) is 2. The Hall–Kier alpha value is -1.55. The van der Waals surface area contributed by atoms with Gasteiger partial charge in [0.25, 0.3) is 0 Å². The zero-order chi connectivity index (χ0) is 12.3. The Morgan fingerprint density at radius 1 is 1.29 bits per heavy atom. The zero-order valence-electron chi connectivity index (χ0n) is 10.4. The molecule has 1 aromatic carbocycles. The van der Waals surface area contributed by atoms with Gasteiger partial charge in [0, 0.05) is 0 Å². The van der Waals surface area contributed by atoms with E-state index >= 15 is 0 Å². The summed E-state index contributed by atoms with van der Waals surface area (Å²) < 4.78 is 0. The van der Waals surface area contributed by atoms with Gasteiger partial charge in [-0.15, -0.1) is 0 Å². The molecule has 0 aliphatic carbocycles. The van der Waals surface area contributed by atoms with Crippen molar-refractivity contribution in [2.75, 3.05) is 5.01 Å². The van der Waals surface area contributed by atoms with Crippen LogP contribution in [-0.4, -0.2) is 11.7 Å². The quantitative estimate of drug-likeness (QED) is 0.839. The molecule has 2 N–H and O–H groups in total. The third-order valence-electron chi connectivity index (χ3n) is 2.99. The van der Waals surface area contributed by atoms with Crippen molar-refractivity contribution in [2.45, 2.75) is 38.8 Å². The normalized spacial score (nSPS) is 23.9. The number of carbonyl (C=O) groups is 1. The van der Waals surface area contributed by atoms with Gasteiger partial charge >= 0.3 is 6.03 Å². The molecule has 2 amide bonds. The second-order valence-corrected chi connectivity index (χ2v) is 4.65. The third-order valence-corrected chi connectivity index (χ3v) is 2.99. The molecule has 4 nitrogen and oxygen atoms in total. The van der Waals surface area contributed by atoms with E-state index in [4.69, 9.17) is 0 Å². The maximum absolute atomic E-state index is 11.9. The van der Waals surface area contributed by atoms with Gasteiger partial charge in [-0.3, -0.25) is 0 Å². The molecule has 0 bridgehead atoms. The molecule has 0 aromatic heterocycles. The number of benzene rings is 1. The van der Waals surface area contributed by atoms with Crippen LogP contribution in [0.3, 0.4) is 0 Å². The van der Waals surface area contributed by atoms with Crippen LogP contribution in [0.2, 0.25) is 0 Å². The monoisotopic (exact) mass is 233 g/mol.